The number of hydrogen-bond donors (Lipinski definition) is 1. The van der Waals surface area contributed by atoms with Crippen LogP contribution in [0, 0.1) is 29.6 Å². The number of carboxylic acid groups (broad SMARTS) is 1. The molecule has 0 spiro atoms. The zero-order valence-corrected chi connectivity index (χ0v) is 21.5. The number of methoxy groups -OCH3 is 1. The Labute approximate surface area is 201 Å². The quantitative estimate of drug-likeness (QED) is 0.599. The van der Waals surface area contributed by atoms with Gasteiger partial charge >= 0.3 is 5.97 Å². The minimum Gasteiger partial charge on any atom is -0.477 e. The van der Waals surface area contributed by atoms with Gasteiger partial charge in [0.25, 0.3) is 0 Å². The minimum atomic E-state index is -1.15. The number of likely N-dealkylation sites (N-methyl/N-ethyl adjacent to an activating group) is 1. The van der Waals surface area contributed by atoms with Gasteiger partial charge in [0.15, 0.2) is 0 Å². The van der Waals surface area contributed by atoms with Crippen molar-refractivity contribution in [3.63, 3.8) is 0 Å². The SMILES string of the molecule is CO[C@H](C)[C@@H](C(=O)N(C)C)N(C(=O)C1CCC(C)CC1)c1cc(C#CC(C)C)sc1C(=O)O. The first-order valence-corrected chi connectivity index (χ1v) is 12.2. The maximum Gasteiger partial charge on any atom is 0.348 e. The van der Waals surface area contributed by atoms with Gasteiger partial charge in [0.05, 0.1) is 16.7 Å². The fraction of sp³-hybridized carbons (Fsp3) is 0.640. The van der Waals surface area contributed by atoms with Crippen molar-refractivity contribution in [2.45, 2.75) is 65.5 Å². The van der Waals surface area contributed by atoms with Crippen LogP contribution in [0.4, 0.5) is 5.69 Å². The Morgan fingerprint density at radius 1 is 1.15 bits per heavy atom. The molecule has 33 heavy (non-hydrogen) atoms. The zero-order chi connectivity index (χ0) is 24.9. The monoisotopic (exact) mass is 476 g/mol. The molecule has 0 unspecified atom stereocenters. The average Bonchev–Trinajstić information content (AvgIpc) is 3.19. The summed E-state index contributed by atoms with van der Waals surface area (Å²) >= 11 is 1.03. The largest absolute Gasteiger partial charge is 0.477 e. The van der Waals surface area contributed by atoms with Crippen molar-refractivity contribution in [2.24, 2.45) is 17.8 Å². The van der Waals surface area contributed by atoms with E-state index in [-0.39, 0.29) is 34.2 Å². The Balaban J connectivity index is 2.68. The molecule has 1 aromatic rings. The molecule has 0 aliphatic heterocycles. The van der Waals surface area contributed by atoms with Gasteiger partial charge in [-0.15, -0.1) is 11.3 Å². The lowest BCUT2D eigenvalue weighted by molar-refractivity contribution is -0.136. The van der Waals surface area contributed by atoms with E-state index >= 15 is 0 Å². The molecule has 182 valence electrons. The molecular weight excluding hydrogens is 440 g/mol. The number of amides is 2. The highest BCUT2D eigenvalue weighted by atomic mass is 32.1. The van der Waals surface area contributed by atoms with Crippen LogP contribution in [0.2, 0.25) is 0 Å². The smallest absolute Gasteiger partial charge is 0.348 e. The highest BCUT2D eigenvalue weighted by molar-refractivity contribution is 7.15. The Morgan fingerprint density at radius 2 is 1.76 bits per heavy atom. The van der Waals surface area contributed by atoms with Gasteiger partial charge in [0.1, 0.15) is 10.9 Å². The van der Waals surface area contributed by atoms with Crippen LogP contribution in [0.25, 0.3) is 0 Å². The topological polar surface area (TPSA) is 87.2 Å². The number of anilines is 1. The van der Waals surface area contributed by atoms with Crippen LogP contribution in [0.5, 0.6) is 0 Å². The summed E-state index contributed by atoms with van der Waals surface area (Å²) in [5.74, 6) is 4.76. The van der Waals surface area contributed by atoms with Crippen LogP contribution in [-0.2, 0) is 14.3 Å². The maximum absolute atomic E-state index is 13.9. The van der Waals surface area contributed by atoms with E-state index in [1.54, 1.807) is 27.1 Å². The Kier molecular flexibility index (Phi) is 9.50. The fourth-order valence-corrected chi connectivity index (χ4v) is 4.86. The van der Waals surface area contributed by atoms with Gasteiger partial charge in [0.2, 0.25) is 11.8 Å². The molecule has 1 aliphatic rings. The molecule has 2 rings (SSSR count). The van der Waals surface area contributed by atoms with E-state index < -0.39 is 18.1 Å². The van der Waals surface area contributed by atoms with Crippen molar-refractivity contribution in [2.75, 3.05) is 26.1 Å². The first-order valence-electron chi connectivity index (χ1n) is 11.4. The standard InChI is InChI=1S/C25H36N2O5S/c1-15(2)8-13-19-14-20(22(33-19)25(30)31)27(21(17(4)32-7)24(29)26(5)6)23(28)18-11-9-16(3)10-12-18/h14-18,21H,9-12H2,1-7H3,(H,30,31)/t16?,17-,18?,21+/m1/s1. The molecule has 2 amide bonds. The number of carbonyl (C=O) groups excluding carboxylic acids is 2. The highest BCUT2D eigenvalue weighted by Crippen LogP contribution is 2.37. The molecule has 1 saturated carbocycles. The van der Waals surface area contributed by atoms with Crippen LogP contribution >= 0.6 is 11.3 Å². The molecule has 2 atom stereocenters. The Morgan fingerprint density at radius 3 is 2.24 bits per heavy atom. The van der Waals surface area contributed by atoms with Crippen molar-refractivity contribution in [3.05, 3.63) is 15.8 Å². The van der Waals surface area contributed by atoms with Gasteiger partial charge in [0, 0.05) is 33.0 Å². The van der Waals surface area contributed by atoms with Crippen LogP contribution in [0.3, 0.4) is 0 Å². The second-order valence-corrected chi connectivity index (χ2v) is 10.4. The molecule has 8 heteroatoms. The van der Waals surface area contributed by atoms with Gasteiger partial charge in [-0.05, 0) is 44.6 Å². The minimum absolute atomic E-state index is 0.000410. The molecular formula is C25H36N2O5S. The number of nitrogens with zero attached hydrogens (tertiary/aromatic N) is 2. The first-order chi connectivity index (χ1) is 15.5. The predicted octanol–water partition coefficient (Wildman–Crippen LogP) is 4.10. The van der Waals surface area contributed by atoms with Crippen LogP contribution in [-0.4, -0.2) is 61.1 Å². The van der Waals surface area contributed by atoms with Crippen molar-refractivity contribution >= 4 is 34.8 Å². The summed E-state index contributed by atoms with van der Waals surface area (Å²) in [6.45, 7) is 7.80. The molecule has 7 nitrogen and oxygen atoms in total. The number of carboxylic acids is 1. The lowest BCUT2D eigenvalue weighted by Crippen LogP contribution is -2.57. The van der Waals surface area contributed by atoms with Crippen LogP contribution in [0.1, 0.15) is 67.9 Å². The number of hydrogen-bond acceptors (Lipinski definition) is 5. The maximum atomic E-state index is 13.9. The number of ether oxygens (including phenoxy) is 1. The van der Waals surface area contributed by atoms with Crippen molar-refractivity contribution in [1.82, 2.24) is 4.90 Å². The summed E-state index contributed by atoms with van der Waals surface area (Å²) in [5.41, 5.74) is 0.216. The molecule has 1 heterocycles. The summed E-state index contributed by atoms with van der Waals surface area (Å²) in [6.07, 6.45) is 2.65. The summed E-state index contributed by atoms with van der Waals surface area (Å²) in [4.78, 5) is 42.7. The third kappa shape index (κ3) is 6.58. The third-order valence-electron chi connectivity index (χ3n) is 6.04. The van der Waals surface area contributed by atoms with Gasteiger partial charge < -0.3 is 14.7 Å². The number of rotatable bonds is 7. The highest BCUT2D eigenvalue weighted by Gasteiger charge is 2.42. The number of thiophene rings is 1. The Hall–Kier alpha value is -2.37. The predicted molar refractivity (Wildman–Crippen MR) is 131 cm³/mol. The molecule has 1 aromatic heterocycles. The van der Waals surface area contributed by atoms with E-state index in [1.807, 2.05) is 13.8 Å². The van der Waals surface area contributed by atoms with Gasteiger partial charge in [-0.3, -0.25) is 14.5 Å². The van der Waals surface area contributed by atoms with E-state index in [1.165, 1.54) is 16.9 Å². The lowest BCUT2D eigenvalue weighted by atomic mass is 9.82. The number of aromatic carboxylic acids is 1. The van der Waals surface area contributed by atoms with E-state index in [9.17, 15) is 19.5 Å². The zero-order valence-electron chi connectivity index (χ0n) is 20.7. The molecule has 0 saturated heterocycles. The second kappa shape index (κ2) is 11.7. The van der Waals surface area contributed by atoms with E-state index in [0.717, 1.165) is 24.2 Å². The molecule has 1 fully saturated rings. The summed E-state index contributed by atoms with van der Waals surface area (Å²) in [6, 6.07) is 0.640. The molecule has 1 N–H and O–H groups in total. The molecule has 0 bridgehead atoms. The van der Waals surface area contributed by atoms with Gasteiger partial charge in [-0.25, -0.2) is 4.79 Å². The molecule has 0 radical (unpaired) electrons. The number of carbonyl (C=O) groups is 3. The summed E-state index contributed by atoms with van der Waals surface area (Å²) in [7, 11) is 4.72. The van der Waals surface area contributed by atoms with Crippen molar-refractivity contribution in [3.8, 4) is 11.8 Å². The van der Waals surface area contributed by atoms with E-state index in [2.05, 4.69) is 18.8 Å². The fourth-order valence-electron chi connectivity index (χ4n) is 4.01. The Bertz CT molecular complexity index is 919. The lowest BCUT2D eigenvalue weighted by Gasteiger charge is -2.38. The molecule has 1 aliphatic carbocycles. The van der Waals surface area contributed by atoms with Gasteiger partial charge in [-0.2, -0.15) is 0 Å². The summed E-state index contributed by atoms with van der Waals surface area (Å²) in [5, 5.41) is 9.96. The molecule has 0 aromatic carbocycles. The van der Waals surface area contributed by atoms with Crippen molar-refractivity contribution < 1.29 is 24.2 Å². The van der Waals surface area contributed by atoms with Crippen LogP contribution in [0.15, 0.2) is 6.07 Å². The first kappa shape index (κ1) is 26.9. The van der Waals surface area contributed by atoms with E-state index in [4.69, 9.17) is 4.74 Å². The third-order valence-corrected chi connectivity index (χ3v) is 7.07. The van der Waals surface area contributed by atoms with Gasteiger partial charge in [-0.1, -0.05) is 32.6 Å². The van der Waals surface area contributed by atoms with Crippen molar-refractivity contribution in [1.29, 1.82) is 0 Å². The second-order valence-electron chi connectivity index (χ2n) is 9.34. The average molecular weight is 477 g/mol. The summed E-state index contributed by atoms with van der Waals surface area (Å²) < 4.78 is 5.51. The normalized spacial score (nSPS) is 19.9. The van der Waals surface area contributed by atoms with Crippen LogP contribution < -0.4 is 4.90 Å². The van der Waals surface area contributed by atoms with E-state index in [0.29, 0.717) is 23.6 Å².